The fourth-order valence-electron chi connectivity index (χ4n) is 9.22. The van der Waals surface area contributed by atoms with Gasteiger partial charge in [-0.25, -0.2) is 0 Å². The van der Waals surface area contributed by atoms with Crippen LogP contribution in [-0.2, 0) is 5.41 Å². The number of anilines is 3. The fourth-order valence-corrected chi connectivity index (χ4v) is 9.22. The van der Waals surface area contributed by atoms with Crippen LogP contribution in [-0.4, -0.2) is 0 Å². The molecule has 1 aliphatic heterocycles. The lowest BCUT2D eigenvalue weighted by atomic mass is 9.66. The van der Waals surface area contributed by atoms with E-state index in [1.807, 2.05) is 0 Å². The Morgan fingerprint density at radius 2 is 0.737 bits per heavy atom. The molecule has 0 atom stereocenters. The Kier molecular flexibility index (Phi) is 7.75. The molecule has 2 aliphatic rings. The van der Waals surface area contributed by atoms with E-state index in [2.05, 4.69) is 229 Å². The van der Waals surface area contributed by atoms with Gasteiger partial charge in [0.2, 0.25) is 0 Å². The summed E-state index contributed by atoms with van der Waals surface area (Å²) >= 11 is 0. The summed E-state index contributed by atoms with van der Waals surface area (Å²) in [6, 6.07) is 81.1. The Labute approximate surface area is 333 Å². The molecule has 11 rings (SSSR count). The highest BCUT2D eigenvalue weighted by Gasteiger charge is 2.51. The highest BCUT2D eigenvalue weighted by Crippen LogP contribution is 2.62. The number of fused-ring (bicyclic) bond motifs is 9. The van der Waals surface area contributed by atoms with Crippen molar-refractivity contribution in [3.05, 3.63) is 247 Å². The molecule has 0 bridgehead atoms. The van der Waals surface area contributed by atoms with Crippen molar-refractivity contribution in [2.45, 2.75) is 5.41 Å². The topological polar surface area (TPSA) is 12.5 Å². The lowest BCUT2D eigenvalue weighted by Gasteiger charge is -2.40. The van der Waals surface area contributed by atoms with Gasteiger partial charge in [-0.05, 0) is 110 Å². The van der Waals surface area contributed by atoms with Gasteiger partial charge in [-0.15, -0.1) is 0 Å². The van der Waals surface area contributed by atoms with Crippen molar-refractivity contribution in [3.8, 4) is 56.0 Å². The Bertz CT molecular complexity index is 2830. The van der Waals surface area contributed by atoms with Gasteiger partial charge in [0.05, 0.1) is 5.41 Å². The van der Waals surface area contributed by atoms with Gasteiger partial charge in [0.15, 0.2) is 0 Å². The largest absolute Gasteiger partial charge is 0.457 e. The number of para-hydroxylation sites is 1. The minimum atomic E-state index is -0.577. The maximum Gasteiger partial charge on any atom is 0.132 e. The predicted octanol–water partition coefficient (Wildman–Crippen LogP) is 14.6. The van der Waals surface area contributed by atoms with E-state index in [-0.39, 0.29) is 0 Å². The molecular formula is C55H37NO. The van der Waals surface area contributed by atoms with E-state index in [1.54, 1.807) is 0 Å². The lowest BCUT2D eigenvalue weighted by molar-refractivity contribution is 0.436. The third-order valence-electron chi connectivity index (χ3n) is 11.7. The third-order valence-corrected chi connectivity index (χ3v) is 11.7. The van der Waals surface area contributed by atoms with Crippen LogP contribution < -0.4 is 9.64 Å². The first kappa shape index (κ1) is 33.0. The molecule has 0 saturated heterocycles. The van der Waals surface area contributed by atoms with Gasteiger partial charge < -0.3 is 9.64 Å². The first-order chi connectivity index (χ1) is 28.3. The van der Waals surface area contributed by atoms with E-state index in [0.29, 0.717) is 0 Å². The Morgan fingerprint density at radius 1 is 0.281 bits per heavy atom. The van der Waals surface area contributed by atoms with Crippen LogP contribution in [0, 0.1) is 0 Å². The number of hydrogen-bond acceptors (Lipinski definition) is 2. The molecule has 0 fully saturated rings. The lowest BCUT2D eigenvalue weighted by Crippen LogP contribution is -2.32. The van der Waals surface area contributed by atoms with E-state index in [4.69, 9.17) is 4.74 Å². The molecule has 1 heterocycles. The molecule has 0 saturated carbocycles. The maximum atomic E-state index is 6.85. The smallest absolute Gasteiger partial charge is 0.132 e. The van der Waals surface area contributed by atoms with E-state index in [9.17, 15) is 0 Å². The zero-order valence-corrected chi connectivity index (χ0v) is 31.2. The molecular weight excluding hydrogens is 691 g/mol. The minimum Gasteiger partial charge on any atom is -0.457 e. The van der Waals surface area contributed by atoms with Gasteiger partial charge in [-0.1, -0.05) is 170 Å². The van der Waals surface area contributed by atoms with E-state index in [0.717, 1.165) is 56.4 Å². The van der Waals surface area contributed by atoms with Crippen molar-refractivity contribution in [2.24, 2.45) is 0 Å². The average Bonchev–Trinajstić information content (AvgIpc) is 3.58. The molecule has 268 valence electrons. The second-order valence-electron chi connectivity index (χ2n) is 14.9. The standard InChI is InChI=1S/C55H37NO/c1-4-17-38(18-5-1)41-23-16-24-44(34-41)56(46-35-42(39-19-6-2-7-20-39)33-43(36-46)40-21-8-3-9-22-40)45-31-32-54-52(37-45)55(51-29-14-15-30-53(51)57-54)49-27-12-10-25-47(49)48-26-11-13-28-50(48)55/h1-37H. The summed E-state index contributed by atoms with van der Waals surface area (Å²) in [5, 5.41) is 0. The number of benzene rings is 9. The first-order valence-corrected chi connectivity index (χ1v) is 19.6. The zero-order valence-electron chi connectivity index (χ0n) is 31.2. The van der Waals surface area contributed by atoms with Crippen molar-refractivity contribution >= 4 is 17.1 Å². The summed E-state index contributed by atoms with van der Waals surface area (Å²) in [5.74, 6) is 1.75. The van der Waals surface area contributed by atoms with Crippen molar-refractivity contribution in [1.29, 1.82) is 0 Å². The van der Waals surface area contributed by atoms with Crippen LogP contribution in [0.15, 0.2) is 224 Å². The van der Waals surface area contributed by atoms with Crippen LogP contribution in [0.2, 0.25) is 0 Å². The number of hydrogen-bond donors (Lipinski definition) is 0. The van der Waals surface area contributed by atoms with E-state index in [1.165, 1.54) is 38.9 Å². The predicted molar refractivity (Wildman–Crippen MR) is 235 cm³/mol. The van der Waals surface area contributed by atoms with Crippen molar-refractivity contribution in [3.63, 3.8) is 0 Å². The van der Waals surface area contributed by atoms with Gasteiger partial charge in [-0.3, -0.25) is 0 Å². The number of ether oxygens (including phenoxy) is 1. The Balaban J connectivity index is 1.20. The van der Waals surface area contributed by atoms with Crippen LogP contribution in [0.25, 0.3) is 44.5 Å². The molecule has 1 spiro atoms. The maximum absolute atomic E-state index is 6.85. The molecule has 2 nitrogen and oxygen atoms in total. The summed E-state index contributed by atoms with van der Waals surface area (Å²) in [7, 11) is 0. The number of rotatable bonds is 6. The second-order valence-corrected chi connectivity index (χ2v) is 14.9. The van der Waals surface area contributed by atoms with E-state index >= 15 is 0 Å². The molecule has 1 aliphatic carbocycles. The normalized spacial score (nSPS) is 12.8. The zero-order chi connectivity index (χ0) is 37.8. The highest BCUT2D eigenvalue weighted by molar-refractivity contribution is 5.91. The summed E-state index contributed by atoms with van der Waals surface area (Å²) in [6.45, 7) is 0. The molecule has 57 heavy (non-hydrogen) atoms. The van der Waals surface area contributed by atoms with Crippen LogP contribution in [0.3, 0.4) is 0 Å². The van der Waals surface area contributed by atoms with E-state index < -0.39 is 5.41 Å². The molecule has 9 aromatic rings. The van der Waals surface area contributed by atoms with Crippen LogP contribution >= 0.6 is 0 Å². The van der Waals surface area contributed by atoms with Gasteiger partial charge in [0.1, 0.15) is 11.5 Å². The summed E-state index contributed by atoms with van der Waals surface area (Å²) in [5.41, 5.74) is 16.9. The Morgan fingerprint density at radius 3 is 1.35 bits per heavy atom. The molecule has 9 aromatic carbocycles. The summed E-state index contributed by atoms with van der Waals surface area (Å²) in [6.07, 6.45) is 0. The average molecular weight is 728 g/mol. The highest BCUT2D eigenvalue weighted by atomic mass is 16.5. The molecule has 0 amide bonds. The van der Waals surface area contributed by atoms with Gasteiger partial charge in [0, 0.05) is 28.2 Å². The van der Waals surface area contributed by atoms with Gasteiger partial charge in [0.25, 0.3) is 0 Å². The molecule has 2 heteroatoms. The van der Waals surface area contributed by atoms with Crippen LogP contribution in [0.5, 0.6) is 11.5 Å². The van der Waals surface area contributed by atoms with Crippen molar-refractivity contribution in [2.75, 3.05) is 4.90 Å². The SMILES string of the molecule is c1ccc(-c2cccc(N(c3cc(-c4ccccc4)cc(-c4ccccc4)c3)c3ccc4c(c3)C3(c5ccccc5O4)c4ccccc4-c4ccccc43)c2)cc1. The molecule has 0 unspecified atom stereocenters. The molecule has 0 N–H and O–H groups in total. The third kappa shape index (κ3) is 5.33. The molecule has 0 aromatic heterocycles. The summed E-state index contributed by atoms with van der Waals surface area (Å²) in [4.78, 5) is 2.42. The first-order valence-electron chi connectivity index (χ1n) is 19.6. The van der Waals surface area contributed by atoms with Crippen LogP contribution in [0.1, 0.15) is 22.3 Å². The monoisotopic (exact) mass is 727 g/mol. The van der Waals surface area contributed by atoms with Crippen molar-refractivity contribution < 1.29 is 4.74 Å². The van der Waals surface area contributed by atoms with Crippen LogP contribution in [0.4, 0.5) is 17.1 Å². The fraction of sp³-hybridized carbons (Fsp3) is 0.0182. The van der Waals surface area contributed by atoms with Crippen molar-refractivity contribution in [1.82, 2.24) is 0 Å². The Hall–Kier alpha value is -7.42. The quantitative estimate of drug-likeness (QED) is 0.169. The molecule has 0 radical (unpaired) electrons. The van der Waals surface area contributed by atoms with Gasteiger partial charge in [-0.2, -0.15) is 0 Å². The second kappa shape index (κ2) is 13.4. The van der Waals surface area contributed by atoms with Gasteiger partial charge >= 0.3 is 0 Å². The summed E-state index contributed by atoms with van der Waals surface area (Å²) < 4.78 is 6.85. The number of nitrogens with zero attached hydrogens (tertiary/aromatic N) is 1. The minimum absolute atomic E-state index is 0.577.